The van der Waals surface area contributed by atoms with Crippen molar-refractivity contribution in [1.82, 2.24) is 5.32 Å². The number of benzene rings is 2. The SMILES string of the molecule is COC(=O)C1(NCc2ccc(C3=C/C(=C4\C(=O)Nc5ccc(F)cc54)OC3(C)C)cc2)CC1. The predicted molar refractivity (Wildman–Crippen MR) is 122 cm³/mol. The molecular weight excluding hydrogens is 423 g/mol. The number of halogens is 1. The van der Waals surface area contributed by atoms with Gasteiger partial charge in [0.1, 0.15) is 22.7 Å². The second kappa shape index (κ2) is 7.56. The van der Waals surface area contributed by atoms with E-state index in [0.29, 0.717) is 29.1 Å². The van der Waals surface area contributed by atoms with Gasteiger partial charge >= 0.3 is 5.97 Å². The third kappa shape index (κ3) is 3.72. The minimum Gasteiger partial charge on any atom is -0.482 e. The third-order valence-electron chi connectivity index (χ3n) is 6.48. The van der Waals surface area contributed by atoms with E-state index >= 15 is 0 Å². The maximum Gasteiger partial charge on any atom is 0.326 e. The number of esters is 1. The Hall–Kier alpha value is -3.45. The van der Waals surface area contributed by atoms with Crippen molar-refractivity contribution >= 4 is 28.7 Å². The summed E-state index contributed by atoms with van der Waals surface area (Å²) in [4.78, 5) is 24.5. The number of anilines is 1. The summed E-state index contributed by atoms with van der Waals surface area (Å²) in [7, 11) is 1.41. The van der Waals surface area contributed by atoms with E-state index in [2.05, 4.69) is 10.6 Å². The molecule has 170 valence electrons. The topological polar surface area (TPSA) is 76.7 Å². The maximum absolute atomic E-state index is 13.8. The summed E-state index contributed by atoms with van der Waals surface area (Å²) in [5.41, 5.74) is 3.14. The van der Waals surface area contributed by atoms with E-state index in [1.54, 1.807) is 6.07 Å². The Bertz CT molecular complexity index is 1220. The summed E-state index contributed by atoms with van der Waals surface area (Å²) in [6.07, 6.45) is 3.43. The first kappa shape index (κ1) is 21.4. The molecule has 6 nitrogen and oxygen atoms in total. The van der Waals surface area contributed by atoms with Gasteiger partial charge in [0.25, 0.3) is 5.91 Å². The number of hydrogen-bond donors (Lipinski definition) is 2. The molecule has 0 unspecified atom stereocenters. The molecule has 2 aromatic carbocycles. The molecule has 0 atom stereocenters. The van der Waals surface area contributed by atoms with Crippen molar-refractivity contribution in [3.05, 3.63) is 76.8 Å². The van der Waals surface area contributed by atoms with Gasteiger partial charge in [-0.25, -0.2) is 4.39 Å². The molecule has 5 rings (SSSR count). The van der Waals surface area contributed by atoms with Crippen LogP contribution in [0, 0.1) is 5.82 Å². The number of hydrogen-bond acceptors (Lipinski definition) is 5. The summed E-state index contributed by atoms with van der Waals surface area (Å²) < 4.78 is 24.9. The average molecular weight is 448 g/mol. The highest BCUT2D eigenvalue weighted by molar-refractivity contribution is 6.32. The summed E-state index contributed by atoms with van der Waals surface area (Å²) in [5.74, 6) is -0.502. The molecule has 2 N–H and O–H groups in total. The van der Waals surface area contributed by atoms with Crippen LogP contribution in [0.25, 0.3) is 11.1 Å². The standard InChI is InChI=1S/C26H25FN2O4/c1-25(2)19(13-21(33-25)22-18-12-17(27)8-9-20(18)29-23(22)30)16-6-4-15(5-7-16)14-28-26(10-11-26)24(31)32-3/h4-9,12-13,28H,10-11,14H2,1-3H3,(H,29,30)/b22-21+. The van der Waals surface area contributed by atoms with E-state index < -0.39 is 17.0 Å². The van der Waals surface area contributed by atoms with Gasteiger partial charge in [0, 0.05) is 23.4 Å². The van der Waals surface area contributed by atoms with Crippen molar-refractivity contribution < 1.29 is 23.5 Å². The van der Waals surface area contributed by atoms with Gasteiger partial charge in [0.15, 0.2) is 0 Å². The zero-order chi connectivity index (χ0) is 23.4. The van der Waals surface area contributed by atoms with Gasteiger partial charge in [0.2, 0.25) is 0 Å². The Morgan fingerprint density at radius 2 is 1.91 bits per heavy atom. The van der Waals surface area contributed by atoms with E-state index in [4.69, 9.17) is 9.47 Å². The molecule has 0 saturated heterocycles. The summed E-state index contributed by atoms with van der Waals surface area (Å²) in [6.45, 7) is 4.44. The van der Waals surface area contributed by atoms with Gasteiger partial charge in [-0.2, -0.15) is 0 Å². The van der Waals surface area contributed by atoms with Crippen LogP contribution in [-0.2, 0) is 25.6 Å². The average Bonchev–Trinajstić information content (AvgIpc) is 3.42. The maximum atomic E-state index is 13.8. The molecule has 0 aromatic heterocycles. The molecule has 3 aliphatic rings. The second-order valence-electron chi connectivity index (χ2n) is 9.18. The lowest BCUT2D eigenvalue weighted by atomic mass is 9.91. The monoisotopic (exact) mass is 448 g/mol. The van der Waals surface area contributed by atoms with Crippen LogP contribution in [0.1, 0.15) is 43.4 Å². The smallest absolute Gasteiger partial charge is 0.326 e. The Morgan fingerprint density at radius 1 is 1.18 bits per heavy atom. The molecule has 0 bridgehead atoms. The number of fused-ring (bicyclic) bond motifs is 1. The van der Waals surface area contributed by atoms with Gasteiger partial charge in [-0.05, 0) is 62.1 Å². The van der Waals surface area contributed by atoms with Crippen LogP contribution in [0.4, 0.5) is 10.1 Å². The van der Waals surface area contributed by atoms with Crippen molar-refractivity contribution in [2.24, 2.45) is 0 Å². The van der Waals surface area contributed by atoms with Crippen LogP contribution in [-0.4, -0.2) is 30.1 Å². The van der Waals surface area contributed by atoms with Gasteiger partial charge in [-0.3, -0.25) is 14.9 Å². The third-order valence-corrected chi connectivity index (χ3v) is 6.48. The van der Waals surface area contributed by atoms with Gasteiger partial charge in [-0.1, -0.05) is 24.3 Å². The Morgan fingerprint density at radius 3 is 2.58 bits per heavy atom. The van der Waals surface area contributed by atoms with Crippen molar-refractivity contribution in [2.45, 2.75) is 44.4 Å². The fourth-order valence-electron chi connectivity index (χ4n) is 4.45. The van der Waals surface area contributed by atoms with Crippen LogP contribution in [0.5, 0.6) is 0 Å². The van der Waals surface area contributed by atoms with E-state index in [9.17, 15) is 14.0 Å². The molecule has 2 aromatic rings. The van der Waals surface area contributed by atoms with Crippen molar-refractivity contribution in [3.8, 4) is 0 Å². The first-order chi connectivity index (χ1) is 15.7. The molecule has 1 fully saturated rings. The predicted octanol–water partition coefficient (Wildman–Crippen LogP) is 4.18. The summed E-state index contributed by atoms with van der Waals surface area (Å²) >= 11 is 0. The van der Waals surface area contributed by atoms with E-state index in [0.717, 1.165) is 29.5 Å². The minimum atomic E-state index is -0.665. The number of carbonyl (C=O) groups excluding carboxylic acids is 2. The van der Waals surface area contributed by atoms with E-state index in [1.165, 1.54) is 19.2 Å². The lowest BCUT2D eigenvalue weighted by Crippen LogP contribution is -2.39. The number of methoxy groups -OCH3 is 1. The Labute approximate surface area is 191 Å². The normalized spacial score (nSPS) is 21.7. The Kier molecular flexibility index (Phi) is 4.90. The number of ether oxygens (including phenoxy) is 2. The minimum absolute atomic E-state index is 0.216. The van der Waals surface area contributed by atoms with E-state index in [1.807, 2.05) is 44.2 Å². The lowest BCUT2D eigenvalue weighted by molar-refractivity contribution is -0.144. The number of amides is 1. The van der Waals surface area contributed by atoms with Crippen molar-refractivity contribution in [1.29, 1.82) is 0 Å². The summed E-state index contributed by atoms with van der Waals surface area (Å²) in [5, 5.41) is 6.08. The van der Waals surface area contributed by atoms with Gasteiger partial charge in [0.05, 0.1) is 12.7 Å². The van der Waals surface area contributed by atoms with Crippen molar-refractivity contribution in [2.75, 3.05) is 12.4 Å². The fraction of sp³-hybridized carbons (Fsp3) is 0.308. The van der Waals surface area contributed by atoms with Gasteiger partial charge in [-0.15, -0.1) is 0 Å². The van der Waals surface area contributed by atoms with Crippen LogP contribution < -0.4 is 10.6 Å². The zero-order valence-corrected chi connectivity index (χ0v) is 18.8. The molecule has 2 aliphatic heterocycles. The lowest BCUT2D eigenvalue weighted by Gasteiger charge is -2.23. The van der Waals surface area contributed by atoms with Crippen molar-refractivity contribution in [3.63, 3.8) is 0 Å². The van der Waals surface area contributed by atoms with Crippen LogP contribution in [0.2, 0.25) is 0 Å². The Balaban J connectivity index is 1.41. The zero-order valence-electron chi connectivity index (χ0n) is 18.8. The first-order valence-corrected chi connectivity index (χ1v) is 10.9. The molecule has 0 radical (unpaired) electrons. The second-order valence-corrected chi connectivity index (χ2v) is 9.18. The molecule has 1 aliphatic carbocycles. The highest BCUT2D eigenvalue weighted by atomic mass is 19.1. The largest absolute Gasteiger partial charge is 0.482 e. The number of rotatable bonds is 5. The summed E-state index contributed by atoms with van der Waals surface area (Å²) in [6, 6.07) is 12.2. The number of carbonyl (C=O) groups is 2. The molecule has 1 saturated carbocycles. The van der Waals surface area contributed by atoms with Crippen LogP contribution in [0.15, 0.2) is 54.3 Å². The van der Waals surface area contributed by atoms with Crippen LogP contribution in [0.3, 0.4) is 0 Å². The molecule has 1 amide bonds. The molecule has 33 heavy (non-hydrogen) atoms. The fourth-order valence-corrected chi connectivity index (χ4v) is 4.45. The van der Waals surface area contributed by atoms with E-state index in [-0.39, 0.29) is 11.9 Å². The highest BCUT2D eigenvalue weighted by Gasteiger charge is 2.50. The quantitative estimate of drug-likeness (QED) is 0.530. The molecule has 2 heterocycles. The van der Waals surface area contributed by atoms with Crippen LogP contribution >= 0.6 is 0 Å². The number of nitrogens with one attached hydrogen (secondary N) is 2. The number of allylic oxidation sites excluding steroid dienone is 1. The molecular formula is C26H25FN2O4. The molecule has 0 spiro atoms. The first-order valence-electron chi connectivity index (χ1n) is 10.9. The van der Waals surface area contributed by atoms with Gasteiger partial charge < -0.3 is 14.8 Å². The molecule has 7 heteroatoms. The highest BCUT2D eigenvalue weighted by Crippen LogP contribution is 2.44.